The van der Waals surface area contributed by atoms with Crippen LogP contribution in [-0.2, 0) is 19.1 Å². The molecule has 3 N–H and O–H groups in total. The van der Waals surface area contributed by atoms with E-state index in [9.17, 15) is 14.4 Å². The normalized spacial score (nSPS) is 21.1. The van der Waals surface area contributed by atoms with Gasteiger partial charge in [-0.15, -0.1) is 0 Å². The lowest BCUT2D eigenvalue weighted by molar-refractivity contribution is -0.147. The Morgan fingerprint density at radius 1 is 1.25 bits per heavy atom. The van der Waals surface area contributed by atoms with E-state index in [1.807, 2.05) is 30.9 Å². The summed E-state index contributed by atoms with van der Waals surface area (Å²) >= 11 is 6.40. The zero-order valence-electron chi connectivity index (χ0n) is 20.4. The number of aromatic amines is 1. The van der Waals surface area contributed by atoms with Crippen LogP contribution in [0.15, 0.2) is 30.6 Å². The molecule has 3 aromatic rings. The fourth-order valence-electron chi connectivity index (χ4n) is 5.14. The number of ketones is 1. The molecule has 0 spiro atoms. The third-order valence-electron chi connectivity index (χ3n) is 6.95. The minimum atomic E-state index is -0.656. The van der Waals surface area contributed by atoms with Gasteiger partial charge in [0.2, 0.25) is 11.8 Å². The molecule has 2 aliphatic rings. The van der Waals surface area contributed by atoms with Crippen molar-refractivity contribution in [1.29, 1.82) is 0 Å². The number of fused-ring (bicyclic) bond motifs is 3. The van der Waals surface area contributed by atoms with Crippen LogP contribution in [0.5, 0.6) is 0 Å². The maximum absolute atomic E-state index is 13.5. The highest BCUT2D eigenvalue weighted by atomic mass is 35.5. The molecule has 1 aliphatic heterocycles. The summed E-state index contributed by atoms with van der Waals surface area (Å²) in [5, 5.41) is 8.39. The van der Waals surface area contributed by atoms with Crippen LogP contribution in [0.3, 0.4) is 0 Å². The quantitative estimate of drug-likeness (QED) is 0.483. The lowest BCUT2D eigenvalue weighted by atomic mass is 9.94. The molecular formula is C26H30ClN5O4. The molecule has 1 aliphatic carbocycles. The van der Waals surface area contributed by atoms with Crippen LogP contribution < -0.4 is 10.6 Å². The molecule has 190 valence electrons. The molecule has 9 nitrogen and oxygen atoms in total. The third kappa shape index (κ3) is 5.23. The van der Waals surface area contributed by atoms with E-state index >= 15 is 0 Å². The summed E-state index contributed by atoms with van der Waals surface area (Å²) in [5.41, 5.74) is 1.65. The summed E-state index contributed by atoms with van der Waals surface area (Å²) in [5.74, 6) is -0.187. The Bertz CT molecular complexity index is 1330. The molecule has 1 unspecified atom stereocenters. The van der Waals surface area contributed by atoms with E-state index in [4.69, 9.17) is 16.3 Å². The monoisotopic (exact) mass is 511 g/mol. The Kier molecular flexibility index (Phi) is 6.72. The number of benzene rings is 1. The van der Waals surface area contributed by atoms with Gasteiger partial charge < -0.3 is 20.4 Å². The Labute approximate surface area is 213 Å². The predicted molar refractivity (Wildman–Crippen MR) is 138 cm³/mol. The minimum absolute atomic E-state index is 0.00669. The second-order valence-corrected chi connectivity index (χ2v) is 10.7. The lowest BCUT2D eigenvalue weighted by Crippen LogP contribution is -2.60. The van der Waals surface area contributed by atoms with Gasteiger partial charge in [-0.05, 0) is 44.9 Å². The maximum Gasteiger partial charge on any atom is 0.244 e. The van der Waals surface area contributed by atoms with Crippen molar-refractivity contribution in [1.82, 2.24) is 20.2 Å². The molecule has 2 fully saturated rings. The number of pyridine rings is 1. The molecule has 1 aromatic carbocycles. The molecule has 0 bridgehead atoms. The highest BCUT2D eigenvalue weighted by molar-refractivity contribution is 6.33. The number of ether oxygens (including phenoxy) is 1. The molecule has 36 heavy (non-hydrogen) atoms. The predicted octanol–water partition coefficient (Wildman–Crippen LogP) is 3.42. The summed E-state index contributed by atoms with van der Waals surface area (Å²) in [6.07, 6.45) is 5.76. The first kappa shape index (κ1) is 24.7. The Hall–Kier alpha value is -3.01. The van der Waals surface area contributed by atoms with Crippen molar-refractivity contribution in [3.8, 4) is 0 Å². The van der Waals surface area contributed by atoms with E-state index in [-0.39, 0.29) is 36.8 Å². The van der Waals surface area contributed by atoms with Crippen molar-refractivity contribution in [2.24, 2.45) is 0 Å². The zero-order valence-corrected chi connectivity index (χ0v) is 21.2. The number of nitrogens with zero attached hydrogens (tertiary/aromatic N) is 2. The number of carbonyl (C=O) groups excluding carboxylic acids is 3. The van der Waals surface area contributed by atoms with E-state index in [1.165, 1.54) is 0 Å². The van der Waals surface area contributed by atoms with Crippen LogP contribution in [0, 0.1) is 0 Å². The standard InChI is InChI=1S/C26H30ClN5O4/c1-26(2)14-32(12-23(34)29-16-3-5-17(33)6-4-16)22(13-36-26)25(35)31-20-10-15(27)9-19-18-7-8-28-11-21(18)30-24(19)20/h7-11,16,22,30H,3-6,12-14H2,1-2H3,(H,29,34)(H,31,35). The first-order valence-corrected chi connectivity index (χ1v) is 12.6. The molecule has 2 amide bonds. The van der Waals surface area contributed by atoms with Crippen molar-refractivity contribution in [3.05, 3.63) is 35.6 Å². The summed E-state index contributed by atoms with van der Waals surface area (Å²) in [7, 11) is 0. The van der Waals surface area contributed by atoms with Crippen molar-refractivity contribution in [2.45, 2.75) is 57.2 Å². The largest absolute Gasteiger partial charge is 0.372 e. The van der Waals surface area contributed by atoms with Gasteiger partial charge >= 0.3 is 0 Å². The van der Waals surface area contributed by atoms with E-state index in [0.717, 1.165) is 21.8 Å². The van der Waals surface area contributed by atoms with Gasteiger partial charge in [0.05, 0.1) is 41.7 Å². The van der Waals surface area contributed by atoms with Gasteiger partial charge in [-0.3, -0.25) is 24.3 Å². The van der Waals surface area contributed by atoms with Gasteiger partial charge in [0, 0.05) is 47.4 Å². The van der Waals surface area contributed by atoms with Gasteiger partial charge in [0.25, 0.3) is 0 Å². The number of amides is 2. The van der Waals surface area contributed by atoms with Gasteiger partial charge in [-0.25, -0.2) is 0 Å². The molecule has 10 heteroatoms. The molecule has 2 aromatic heterocycles. The number of hydrogen-bond acceptors (Lipinski definition) is 6. The van der Waals surface area contributed by atoms with Crippen LogP contribution in [-0.4, -0.2) is 69.8 Å². The van der Waals surface area contributed by atoms with Gasteiger partial charge in [-0.1, -0.05) is 11.6 Å². The van der Waals surface area contributed by atoms with Crippen LogP contribution in [0.25, 0.3) is 21.8 Å². The number of H-pyrrole nitrogens is 1. The smallest absolute Gasteiger partial charge is 0.244 e. The average Bonchev–Trinajstić information content (AvgIpc) is 3.19. The number of rotatable bonds is 5. The van der Waals surface area contributed by atoms with Crippen LogP contribution in [0.4, 0.5) is 5.69 Å². The first-order valence-electron chi connectivity index (χ1n) is 12.2. The molecule has 5 rings (SSSR count). The van der Waals surface area contributed by atoms with Crippen LogP contribution in [0.1, 0.15) is 39.5 Å². The number of Topliss-reactive ketones (excluding diaryl/α,β-unsaturated/α-hetero) is 1. The molecule has 3 heterocycles. The number of hydrogen-bond donors (Lipinski definition) is 3. The number of aromatic nitrogens is 2. The van der Waals surface area contributed by atoms with Crippen molar-refractivity contribution >= 4 is 56.7 Å². The maximum atomic E-state index is 13.5. The van der Waals surface area contributed by atoms with Crippen molar-refractivity contribution in [3.63, 3.8) is 0 Å². The first-order chi connectivity index (χ1) is 17.2. The Morgan fingerprint density at radius 2 is 2.03 bits per heavy atom. The Morgan fingerprint density at radius 3 is 2.81 bits per heavy atom. The summed E-state index contributed by atoms with van der Waals surface area (Å²) in [6, 6.07) is 4.80. The molecule has 1 saturated carbocycles. The van der Waals surface area contributed by atoms with Crippen LogP contribution >= 0.6 is 11.6 Å². The molecule has 0 radical (unpaired) electrons. The minimum Gasteiger partial charge on any atom is -0.372 e. The Balaban J connectivity index is 1.34. The highest BCUT2D eigenvalue weighted by Crippen LogP contribution is 2.33. The van der Waals surface area contributed by atoms with E-state index in [2.05, 4.69) is 20.6 Å². The highest BCUT2D eigenvalue weighted by Gasteiger charge is 2.39. The second-order valence-electron chi connectivity index (χ2n) is 10.3. The summed E-state index contributed by atoms with van der Waals surface area (Å²) in [4.78, 5) is 47.2. The number of morpholine rings is 1. The summed E-state index contributed by atoms with van der Waals surface area (Å²) in [6.45, 7) is 4.53. The fraction of sp³-hybridized carbons (Fsp3) is 0.462. The van der Waals surface area contributed by atoms with Crippen molar-refractivity contribution < 1.29 is 19.1 Å². The SMILES string of the molecule is CC1(C)CN(CC(=O)NC2CCC(=O)CC2)C(C(=O)Nc2cc(Cl)cc3c2[nH]c2cnccc23)CO1. The van der Waals surface area contributed by atoms with E-state index in [1.54, 1.807) is 18.5 Å². The van der Waals surface area contributed by atoms with Gasteiger partial charge in [0.1, 0.15) is 11.8 Å². The zero-order chi connectivity index (χ0) is 25.4. The van der Waals surface area contributed by atoms with Gasteiger partial charge in [-0.2, -0.15) is 0 Å². The van der Waals surface area contributed by atoms with E-state index < -0.39 is 11.6 Å². The van der Waals surface area contributed by atoms with Gasteiger partial charge in [0.15, 0.2) is 0 Å². The lowest BCUT2D eigenvalue weighted by Gasteiger charge is -2.42. The average molecular weight is 512 g/mol. The fourth-order valence-corrected chi connectivity index (χ4v) is 5.35. The molecule has 1 atom stereocenters. The summed E-state index contributed by atoms with van der Waals surface area (Å²) < 4.78 is 5.96. The molecule has 1 saturated heterocycles. The van der Waals surface area contributed by atoms with E-state index in [0.29, 0.717) is 42.9 Å². The number of anilines is 1. The van der Waals surface area contributed by atoms with Crippen molar-refractivity contribution in [2.75, 3.05) is 25.0 Å². The van der Waals surface area contributed by atoms with Crippen LogP contribution in [0.2, 0.25) is 5.02 Å². The topological polar surface area (TPSA) is 116 Å². The second kappa shape index (κ2) is 9.80. The number of halogens is 1. The third-order valence-corrected chi connectivity index (χ3v) is 7.16. The number of nitrogens with one attached hydrogen (secondary N) is 3. The molecular weight excluding hydrogens is 482 g/mol. The number of carbonyl (C=O) groups is 3.